The lowest BCUT2D eigenvalue weighted by Crippen LogP contribution is -2.15. The van der Waals surface area contributed by atoms with Crippen LogP contribution in [0.2, 0.25) is 0 Å². The van der Waals surface area contributed by atoms with Crippen LogP contribution in [0.15, 0.2) is 48.7 Å². The minimum Gasteiger partial charge on any atom is -0.397 e. The second kappa shape index (κ2) is 4.53. The highest BCUT2D eigenvalue weighted by molar-refractivity contribution is 5.88. The first-order valence-corrected chi connectivity index (χ1v) is 6.04. The van der Waals surface area contributed by atoms with Crippen molar-refractivity contribution in [1.29, 1.82) is 0 Å². The van der Waals surface area contributed by atoms with E-state index in [4.69, 9.17) is 11.5 Å². The SMILES string of the molecule is Nc1cc2cnn(NCc3ccccc3)c2cc1N. The number of aromatic nitrogens is 2. The van der Waals surface area contributed by atoms with Crippen LogP contribution in [0.4, 0.5) is 11.4 Å². The molecule has 5 nitrogen and oxygen atoms in total. The van der Waals surface area contributed by atoms with Gasteiger partial charge < -0.3 is 16.9 Å². The number of nitrogens with zero attached hydrogens (tertiary/aromatic N) is 2. The van der Waals surface area contributed by atoms with Gasteiger partial charge in [0.15, 0.2) is 0 Å². The number of hydrogen-bond donors (Lipinski definition) is 3. The monoisotopic (exact) mass is 253 g/mol. The van der Waals surface area contributed by atoms with Crippen molar-refractivity contribution >= 4 is 22.3 Å². The van der Waals surface area contributed by atoms with Gasteiger partial charge in [0.05, 0.1) is 29.6 Å². The number of hydrogen-bond acceptors (Lipinski definition) is 4. The van der Waals surface area contributed by atoms with E-state index in [2.05, 4.69) is 22.7 Å². The van der Waals surface area contributed by atoms with Gasteiger partial charge in [-0.3, -0.25) is 0 Å². The fourth-order valence-corrected chi connectivity index (χ4v) is 2.00. The number of nitrogens with two attached hydrogens (primary N) is 2. The second-order valence-electron chi connectivity index (χ2n) is 4.42. The fraction of sp³-hybridized carbons (Fsp3) is 0.0714. The summed E-state index contributed by atoms with van der Waals surface area (Å²) in [6.45, 7) is 0.696. The van der Waals surface area contributed by atoms with Crippen molar-refractivity contribution in [3.8, 4) is 0 Å². The van der Waals surface area contributed by atoms with Crippen molar-refractivity contribution in [3.63, 3.8) is 0 Å². The van der Waals surface area contributed by atoms with Crippen LogP contribution < -0.4 is 16.9 Å². The summed E-state index contributed by atoms with van der Waals surface area (Å²) < 4.78 is 0. The molecule has 19 heavy (non-hydrogen) atoms. The number of anilines is 2. The van der Waals surface area contributed by atoms with Gasteiger partial charge in [0.2, 0.25) is 0 Å². The molecule has 0 aliphatic heterocycles. The van der Waals surface area contributed by atoms with E-state index in [9.17, 15) is 0 Å². The molecule has 0 spiro atoms. The van der Waals surface area contributed by atoms with Crippen LogP contribution in [0.25, 0.3) is 10.9 Å². The molecule has 0 radical (unpaired) electrons. The molecule has 3 rings (SSSR count). The predicted octanol–water partition coefficient (Wildman–Crippen LogP) is 1.94. The van der Waals surface area contributed by atoms with Crippen LogP contribution in [0.5, 0.6) is 0 Å². The van der Waals surface area contributed by atoms with Gasteiger partial charge in [0.1, 0.15) is 0 Å². The van der Waals surface area contributed by atoms with E-state index in [-0.39, 0.29) is 0 Å². The molecule has 1 heterocycles. The molecule has 96 valence electrons. The Hall–Kier alpha value is -2.69. The minimum absolute atomic E-state index is 0.566. The average molecular weight is 253 g/mol. The smallest absolute Gasteiger partial charge is 0.0940 e. The third-order valence-electron chi connectivity index (χ3n) is 3.05. The first-order chi connectivity index (χ1) is 9.24. The maximum atomic E-state index is 5.83. The highest BCUT2D eigenvalue weighted by Crippen LogP contribution is 2.22. The number of rotatable bonds is 3. The van der Waals surface area contributed by atoms with Crippen LogP contribution in [0.1, 0.15) is 5.56 Å². The first kappa shape index (κ1) is 11.4. The number of fused-ring (bicyclic) bond motifs is 1. The fourth-order valence-electron chi connectivity index (χ4n) is 2.00. The van der Waals surface area contributed by atoms with Crippen LogP contribution in [-0.2, 0) is 6.54 Å². The highest BCUT2D eigenvalue weighted by atomic mass is 15.6. The highest BCUT2D eigenvalue weighted by Gasteiger charge is 2.05. The molecule has 5 heteroatoms. The Labute approximate surface area is 110 Å². The van der Waals surface area contributed by atoms with Gasteiger partial charge in [-0.05, 0) is 17.7 Å². The van der Waals surface area contributed by atoms with E-state index in [1.165, 1.54) is 5.56 Å². The molecule has 0 saturated heterocycles. The summed E-state index contributed by atoms with van der Waals surface area (Å²) in [5.74, 6) is 0. The summed E-state index contributed by atoms with van der Waals surface area (Å²) in [6.07, 6.45) is 1.77. The Bertz CT molecular complexity index is 702. The van der Waals surface area contributed by atoms with Crippen molar-refractivity contribution in [2.24, 2.45) is 0 Å². The summed E-state index contributed by atoms with van der Waals surface area (Å²) in [4.78, 5) is 1.72. The third-order valence-corrected chi connectivity index (χ3v) is 3.05. The Balaban J connectivity index is 1.87. The van der Waals surface area contributed by atoms with E-state index >= 15 is 0 Å². The van der Waals surface area contributed by atoms with Crippen LogP contribution in [-0.4, -0.2) is 9.89 Å². The van der Waals surface area contributed by atoms with E-state index in [1.807, 2.05) is 30.3 Å². The van der Waals surface area contributed by atoms with E-state index in [0.29, 0.717) is 17.9 Å². The molecule has 1 aromatic heterocycles. The standard InChI is InChI=1S/C14H15N5/c15-12-6-11-9-18-19(14(11)7-13(12)16)17-8-10-4-2-1-3-5-10/h1-7,9,17H,8,15-16H2. The molecular formula is C14H15N5. The van der Waals surface area contributed by atoms with E-state index in [1.54, 1.807) is 11.0 Å². The van der Waals surface area contributed by atoms with Gasteiger partial charge in [-0.2, -0.15) is 9.89 Å². The molecule has 0 bridgehead atoms. The zero-order valence-electron chi connectivity index (χ0n) is 10.4. The molecule has 0 amide bonds. The summed E-state index contributed by atoms with van der Waals surface area (Å²) in [5.41, 5.74) is 18.1. The number of nitrogen functional groups attached to an aromatic ring is 2. The normalized spacial score (nSPS) is 10.7. The Morgan fingerprint density at radius 2 is 1.79 bits per heavy atom. The predicted molar refractivity (Wildman–Crippen MR) is 78.1 cm³/mol. The van der Waals surface area contributed by atoms with E-state index in [0.717, 1.165) is 10.9 Å². The Morgan fingerprint density at radius 1 is 1.05 bits per heavy atom. The molecule has 0 saturated carbocycles. The topological polar surface area (TPSA) is 81.9 Å². The average Bonchev–Trinajstić information content (AvgIpc) is 2.80. The maximum absolute atomic E-state index is 5.83. The quantitative estimate of drug-likeness (QED) is 0.623. The Kier molecular flexibility index (Phi) is 2.72. The zero-order chi connectivity index (χ0) is 13.2. The zero-order valence-corrected chi connectivity index (χ0v) is 10.4. The van der Waals surface area contributed by atoms with Crippen LogP contribution in [0.3, 0.4) is 0 Å². The lowest BCUT2D eigenvalue weighted by molar-refractivity contribution is 0.756. The molecule has 5 N–H and O–H groups in total. The van der Waals surface area contributed by atoms with Gasteiger partial charge in [0.25, 0.3) is 0 Å². The summed E-state index contributed by atoms with van der Waals surface area (Å²) >= 11 is 0. The first-order valence-electron chi connectivity index (χ1n) is 6.04. The summed E-state index contributed by atoms with van der Waals surface area (Å²) in [7, 11) is 0. The minimum atomic E-state index is 0.566. The Morgan fingerprint density at radius 3 is 2.58 bits per heavy atom. The molecule has 2 aromatic carbocycles. The third kappa shape index (κ3) is 2.18. The van der Waals surface area contributed by atoms with Crippen molar-refractivity contribution < 1.29 is 0 Å². The second-order valence-corrected chi connectivity index (χ2v) is 4.42. The van der Waals surface area contributed by atoms with E-state index < -0.39 is 0 Å². The molecular weight excluding hydrogens is 238 g/mol. The van der Waals surface area contributed by atoms with Gasteiger partial charge in [-0.15, -0.1) is 0 Å². The lowest BCUT2D eigenvalue weighted by Gasteiger charge is -2.08. The molecule has 3 aromatic rings. The van der Waals surface area contributed by atoms with Crippen molar-refractivity contribution in [2.75, 3.05) is 16.9 Å². The van der Waals surface area contributed by atoms with Crippen LogP contribution in [0, 0.1) is 0 Å². The van der Waals surface area contributed by atoms with Gasteiger partial charge in [-0.25, -0.2) is 0 Å². The molecule has 0 fully saturated rings. The maximum Gasteiger partial charge on any atom is 0.0940 e. The molecule has 0 aliphatic rings. The largest absolute Gasteiger partial charge is 0.397 e. The van der Waals surface area contributed by atoms with Crippen molar-refractivity contribution in [3.05, 3.63) is 54.2 Å². The number of nitrogens with one attached hydrogen (secondary N) is 1. The molecule has 0 aliphatic carbocycles. The van der Waals surface area contributed by atoms with Gasteiger partial charge in [0, 0.05) is 5.39 Å². The molecule has 0 unspecified atom stereocenters. The van der Waals surface area contributed by atoms with Crippen molar-refractivity contribution in [2.45, 2.75) is 6.54 Å². The summed E-state index contributed by atoms with van der Waals surface area (Å²) in [5, 5.41) is 5.25. The molecule has 0 atom stereocenters. The van der Waals surface area contributed by atoms with Gasteiger partial charge in [-0.1, -0.05) is 30.3 Å². The van der Waals surface area contributed by atoms with Crippen molar-refractivity contribution in [1.82, 2.24) is 9.89 Å². The number of benzene rings is 2. The van der Waals surface area contributed by atoms with Crippen LogP contribution >= 0.6 is 0 Å². The van der Waals surface area contributed by atoms with Gasteiger partial charge >= 0.3 is 0 Å². The lowest BCUT2D eigenvalue weighted by atomic mass is 10.2. The summed E-state index contributed by atoms with van der Waals surface area (Å²) in [6, 6.07) is 13.8.